The summed E-state index contributed by atoms with van der Waals surface area (Å²) in [6.07, 6.45) is 5.46. The predicted octanol–water partition coefficient (Wildman–Crippen LogP) is 2.42. The van der Waals surface area contributed by atoms with Crippen molar-refractivity contribution in [3.05, 3.63) is 53.5 Å². The number of methoxy groups -OCH3 is 2. The smallest absolute Gasteiger partial charge is 0.251 e. The Balaban J connectivity index is 1.53. The number of ether oxygens (including phenoxy) is 2. The molecule has 136 valence electrons. The summed E-state index contributed by atoms with van der Waals surface area (Å²) in [6, 6.07) is 7.05. The van der Waals surface area contributed by atoms with Gasteiger partial charge in [-0.15, -0.1) is 0 Å². The first kappa shape index (κ1) is 17.7. The second-order valence-corrected chi connectivity index (χ2v) is 5.98. The van der Waals surface area contributed by atoms with Crippen LogP contribution < -0.4 is 14.8 Å². The lowest BCUT2D eigenvalue weighted by molar-refractivity contribution is 0.0953. The molecule has 0 saturated heterocycles. The molecule has 0 aliphatic heterocycles. The van der Waals surface area contributed by atoms with E-state index in [1.165, 1.54) is 0 Å². The van der Waals surface area contributed by atoms with Crippen molar-refractivity contribution in [3.63, 3.8) is 0 Å². The van der Waals surface area contributed by atoms with Crippen molar-refractivity contribution in [1.29, 1.82) is 0 Å². The lowest BCUT2D eigenvalue weighted by atomic mass is 10.1. The van der Waals surface area contributed by atoms with E-state index in [9.17, 15) is 4.79 Å². The summed E-state index contributed by atoms with van der Waals surface area (Å²) >= 11 is 0. The molecule has 7 nitrogen and oxygen atoms in total. The summed E-state index contributed by atoms with van der Waals surface area (Å²) in [4.78, 5) is 16.7. The van der Waals surface area contributed by atoms with E-state index < -0.39 is 0 Å². The number of hydrogen-bond donors (Lipinski definition) is 1. The second kappa shape index (κ2) is 7.86. The molecular weight excluding hydrogens is 332 g/mol. The van der Waals surface area contributed by atoms with E-state index in [1.54, 1.807) is 36.9 Å². The molecule has 1 aromatic carbocycles. The summed E-state index contributed by atoms with van der Waals surface area (Å²) in [5.41, 5.74) is 3.41. The van der Waals surface area contributed by atoms with Crippen molar-refractivity contribution in [2.75, 3.05) is 20.8 Å². The predicted molar refractivity (Wildman–Crippen MR) is 97.9 cm³/mol. The molecule has 3 aromatic rings. The number of rotatable bonds is 7. The van der Waals surface area contributed by atoms with Crippen LogP contribution in [-0.2, 0) is 6.42 Å². The van der Waals surface area contributed by atoms with Crippen molar-refractivity contribution >= 4 is 11.6 Å². The van der Waals surface area contributed by atoms with Crippen molar-refractivity contribution in [2.24, 2.45) is 0 Å². The van der Waals surface area contributed by atoms with Crippen LogP contribution in [-0.4, -0.2) is 41.3 Å². The molecule has 2 heterocycles. The van der Waals surface area contributed by atoms with Gasteiger partial charge in [-0.3, -0.25) is 4.79 Å². The van der Waals surface area contributed by atoms with E-state index in [0.717, 1.165) is 29.7 Å². The van der Waals surface area contributed by atoms with Gasteiger partial charge in [-0.25, -0.2) is 9.50 Å². The first-order valence-corrected chi connectivity index (χ1v) is 8.42. The fourth-order valence-electron chi connectivity index (χ4n) is 2.74. The highest BCUT2D eigenvalue weighted by Crippen LogP contribution is 2.27. The summed E-state index contributed by atoms with van der Waals surface area (Å²) in [6.45, 7) is 2.52. The van der Waals surface area contributed by atoms with Gasteiger partial charge < -0.3 is 14.8 Å². The lowest BCUT2D eigenvalue weighted by Gasteiger charge is -2.10. The quantitative estimate of drug-likeness (QED) is 0.659. The van der Waals surface area contributed by atoms with Crippen LogP contribution in [0.15, 0.2) is 36.7 Å². The number of nitrogens with zero attached hydrogens (tertiary/aromatic N) is 3. The van der Waals surface area contributed by atoms with Gasteiger partial charge in [-0.1, -0.05) is 0 Å². The van der Waals surface area contributed by atoms with Gasteiger partial charge >= 0.3 is 0 Å². The normalized spacial score (nSPS) is 10.7. The highest BCUT2D eigenvalue weighted by molar-refractivity contribution is 5.94. The number of carbonyl (C=O) groups excluding carboxylic acids is 1. The zero-order chi connectivity index (χ0) is 18.5. The zero-order valence-electron chi connectivity index (χ0n) is 15.2. The summed E-state index contributed by atoms with van der Waals surface area (Å²) in [5, 5.41) is 7.28. The van der Waals surface area contributed by atoms with Crippen LogP contribution in [0.4, 0.5) is 0 Å². The molecule has 0 unspecified atom stereocenters. The molecule has 7 heteroatoms. The average Bonchev–Trinajstić information content (AvgIpc) is 3.03. The Bertz CT molecular complexity index is 920. The molecule has 1 N–H and O–H groups in total. The van der Waals surface area contributed by atoms with Gasteiger partial charge in [-0.2, -0.15) is 5.10 Å². The molecule has 0 aliphatic rings. The fraction of sp³-hybridized carbons (Fsp3) is 0.316. The fourth-order valence-corrected chi connectivity index (χ4v) is 2.74. The van der Waals surface area contributed by atoms with E-state index in [-0.39, 0.29) is 5.91 Å². The van der Waals surface area contributed by atoms with Crippen LogP contribution in [0.25, 0.3) is 5.65 Å². The standard InChI is InChI=1S/C19H22N4O3/c1-13-9-18-21-11-14(12-23(18)22-13)5-4-8-20-19(24)15-6-7-16(25-2)17(10-15)26-3/h6-7,9-12H,4-5,8H2,1-3H3,(H,20,24). The highest BCUT2D eigenvalue weighted by atomic mass is 16.5. The third kappa shape index (κ3) is 3.93. The van der Waals surface area contributed by atoms with E-state index >= 15 is 0 Å². The molecular formula is C19H22N4O3. The molecule has 2 aromatic heterocycles. The summed E-state index contributed by atoms with van der Waals surface area (Å²) in [5.74, 6) is 0.997. The lowest BCUT2D eigenvalue weighted by Crippen LogP contribution is -2.24. The van der Waals surface area contributed by atoms with E-state index in [1.807, 2.05) is 25.4 Å². The van der Waals surface area contributed by atoms with Crippen molar-refractivity contribution < 1.29 is 14.3 Å². The van der Waals surface area contributed by atoms with Crippen molar-refractivity contribution in [2.45, 2.75) is 19.8 Å². The minimum atomic E-state index is -0.137. The van der Waals surface area contributed by atoms with Gasteiger partial charge in [0.05, 0.1) is 19.9 Å². The maximum absolute atomic E-state index is 12.3. The highest BCUT2D eigenvalue weighted by Gasteiger charge is 2.10. The van der Waals surface area contributed by atoms with Crippen LogP contribution in [0.2, 0.25) is 0 Å². The monoisotopic (exact) mass is 354 g/mol. The molecule has 1 amide bonds. The van der Waals surface area contributed by atoms with Crippen LogP contribution in [0, 0.1) is 6.92 Å². The Kier molecular flexibility index (Phi) is 5.36. The number of amides is 1. The van der Waals surface area contributed by atoms with E-state index in [4.69, 9.17) is 9.47 Å². The Morgan fingerprint density at radius 1 is 1.19 bits per heavy atom. The first-order valence-electron chi connectivity index (χ1n) is 8.42. The van der Waals surface area contributed by atoms with Crippen LogP contribution in [0.5, 0.6) is 11.5 Å². The molecule has 0 saturated carbocycles. The minimum Gasteiger partial charge on any atom is -0.493 e. The number of benzene rings is 1. The Hall–Kier alpha value is -3.09. The summed E-state index contributed by atoms with van der Waals surface area (Å²) in [7, 11) is 3.11. The Labute approximate surface area is 152 Å². The number of aryl methyl sites for hydroxylation is 2. The van der Waals surface area contributed by atoms with Crippen LogP contribution in [0.3, 0.4) is 0 Å². The van der Waals surface area contributed by atoms with Crippen molar-refractivity contribution in [3.8, 4) is 11.5 Å². The molecule has 0 fully saturated rings. The SMILES string of the molecule is COc1ccc(C(=O)NCCCc2cnc3cc(C)nn3c2)cc1OC. The third-order valence-corrected chi connectivity index (χ3v) is 4.06. The van der Waals surface area contributed by atoms with Crippen molar-refractivity contribution in [1.82, 2.24) is 19.9 Å². The maximum atomic E-state index is 12.3. The van der Waals surface area contributed by atoms with Gasteiger partial charge in [0.15, 0.2) is 17.1 Å². The molecule has 26 heavy (non-hydrogen) atoms. The van der Waals surface area contributed by atoms with Gasteiger partial charge in [-0.05, 0) is 43.5 Å². The number of hydrogen-bond acceptors (Lipinski definition) is 5. The number of aromatic nitrogens is 3. The minimum absolute atomic E-state index is 0.137. The average molecular weight is 354 g/mol. The number of nitrogens with one attached hydrogen (secondary N) is 1. The first-order chi connectivity index (χ1) is 12.6. The second-order valence-electron chi connectivity index (χ2n) is 5.98. The maximum Gasteiger partial charge on any atom is 0.251 e. The zero-order valence-corrected chi connectivity index (χ0v) is 15.2. The molecule has 0 radical (unpaired) electrons. The topological polar surface area (TPSA) is 77.8 Å². The van der Waals surface area contributed by atoms with E-state index in [0.29, 0.717) is 23.6 Å². The van der Waals surface area contributed by atoms with Gasteiger partial charge in [0.1, 0.15) is 0 Å². The van der Waals surface area contributed by atoms with Gasteiger partial charge in [0.25, 0.3) is 5.91 Å². The molecule has 0 atom stereocenters. The molecule has 0 spiro atoms. The van der Waals surface area contributed by atoms with Gasteiger partial charge in [0, 0.05) is 30.6 Å². The number of fused-ring (bicyclic) bond motifs is 1. The summed E-state index contributed by atoms with van der Waals surface area (Å²) < 4.78 is 12.2. The van der Waals surface area contributed by atoms with Crippen LogP contribution in [0.1, 0.15) is 28.0 Å². The number of carbonyl (C=O) groups is 1. The molecule has 0 aliphatic carbocycles. The largest absolute Gasteiger partial charge is 0.493 e. The molecule has 3 rings (SSSR count). The molecule has 0 bridgehead atoms. The van der Waals surface area contributed by atoms with E-state index in [2.05, 4.69) is 15.4 Å². The third-order valence-electron chi connectivity index (χ3n) is 4.06. The Morgan fingerprint density at radius 2 is 2.00 bits per heavy atom. The van der Waals surface area contributed by atoms with Gasteiger partial charge in [0.2, 0.25) is 0 Å². The van der Waals surface area contributed by atoms with Crippen LogP contribution >= 0.6 is 0 Å². The Morgan fingerprint density at radius 3 is 2.77 bits per heavy atom.